The summed E-state index contributed by atoms with van der Waals surface area (Å²) in [5.41, 5.74) is 3.31. The van der Waals surface area contributed by atoms with Gasteiger partial charge >= 0.3 is 0 Å². The topological polar surface area (TPSA) is 27.1 Å². The number of benzene rings is 1. The van der Waals surface area contributed by atoms with Crippen LogP contribution in [0.1, 0.15) is 52.9 Å². The van der Waals surface area contributed by atoms with Crippen LogP contribution < -0.4 is 4.74 Å². The highest BCUT2D eigenvalue weighted by molar-refractivity contribution is 5.48. The molecule has 1 aromatic carbocycles. The van der Waals surface area contributed by atoms with E-state index in [1.165, 1.54) is 5.69 Å². The second-order valence-electron chi connectivity index (χ2n) is 7.50. The zero-order chi connectivity index (χ0) is 15.8. The fraction of sp³-hybridized carbons (Fsp3) is 0.500. The van der Waals surface area contributed by atoms with Gasteiger partial charge in [0.2, 0.25) is 0 Å². The van der Waals surface area contributed by atoms with Gasteiger partial charge < -0.3 is 4.74 Å². The summed E-state index contributed by atoms with van der Waals surface area (Å²) in [6, 6.07) is 10.2. The molecule has 0 radical (unpaired) electrons. The molecule has 3 nitrogen and oxygen atoms in total. The largest absolute Gasteiger partial charge is 0.494 e. The number of rotatable bonds is 2. The van der Waals surface area contributed by atoms with E-state index in [0.717, 1.165) is 17.1 Å². The Morgan fingerprint density at radius 3 is 2.10 bits per heavy atom. The lowest BCUT2D eigenvalue weighted by Gasteiger charge is -2.21. The van der Waals surface area contributed by atoms with Gasteiger partial charge in [-0.2, -0.15) is 5.10 Å². The molecule has 0 saturated carbocycles. The molecule has 3 heteroatoms. The first-order valence-electron chi connectivity index (χ1n) is 7.39. The van der Waals surface area contributed by atoms with E-state index in [-0.39, 0.29) is 10.8 Å². The van der Waals surface area contributed by atoms with Crippen molar-refractivity contribution in [2.24, 2.45) is 0 Å². The Morgan fingerprint density at radius 1 is 0.952 bits per heavy atom. The van der Waals surface area contributed by atoms with Gasteiger partial charge in [0.1, 0.15) is 11.4 Å². The molecule has 21 heavy (non-hydrogen) atoms. The Balaban J connectivity index is 2.70. The summed E-state index contributed by atoms with van der Waals surface area (Å²) in [6.07, 6.45) is 0. The second-order valence-corrected chi connectivity index (χ2v) is 7.50. The highest BCUT2D eigenvalue weighted by Crippen LogP contribution is 2.32. The number of ether oxygens (including phenoxy) is 1. The highest BCUT2D eigenvalue weighted by atomic mass is 16.5. The summed E-state index contributed by atoms with van der Waals surface area (Å²) in [7, 11) is 1.70. The molecule has 0 unspecified atom stereocenters. The molecule has 1 heterocycles. The van der Waals surface area contributed by atoms with Crippen LogP contribution >= 0.6 is 0 Å². The first kappa shape index (κ1) is 15.6. The van der Waals surface area contributed by atoms with E-state index in [2.05, 4.69) is 47.6 Å². The molecule has 114 valence electrons. The van der Waals surface area contributed by atoms with Crippen LogP contribution in [0.25, 0.3) is 5.69 Å². The van der Waals surface area contributed by atoms with E-state index < -0.39 is 0 Å². The van der Waals surface area contributed by atoms with Crippen molar-refractivity contribution in [1.29, 1.82) is 0 Å². The van der Waals surface area contributed by atoms with Crippen LogP contribution in [0.3, 0.4) is 0 Å². The molecule has 2 aromatic rings. The molecular weight excluding hydrogens is 260 g/mol. The maximum Gasteiger partial charge on any atom is 0.144 e. The van der Waals surface area contributed by atoms with Gasteiger partial charge in [0.05, 0.1) is 18.5 Å². The minimum atomic E-state index is 0.0113. The molecule has 0 spiro atoms. The number of hydrogen-bond donors (Lipinski definition) is 0. The van der Waals surface area contributed by atoms with Gasteiger partial charge in [-0.25, -0.2) is 4.68 Å². The summed E-state index contributed by atoms with van der Waals surface area (Å²) < 4.78 is 7.53. The highest BCUT2D eigenvalue weighted by Gasteiger charge is 2.27. The second kappa shape index (κ2) is 5.21. The minimum absolute atomic E-state index is 0.0113. The van der Waals surface area contributed by atoms with Gasteiger partial charge in [0.25, 0.3) is 0 Å². The maximum atomic E-state index is 5.50. The number of nitrogens with zero attached hydrogens (tertiary/aromatic N) is 2. The zero-order valence-corrected chi connectivity index (χ0v) is 14.2. The van der Waals surface area contributed by atoms with Crippen molar-refractivity contribution in [3.8, 4) is 11.4 Å². The molecule has 0 bridgehead atoms. The summed E-state index contributed by atoms with van der Waals surface area (Å²) in [4.78, 5) is 0. The zero-order valence-electron chi connectivity index (χ0n) is 14.2. The van der Waals surface area contributed by atoms with Crippen molar-refractivity contribution >= 4 is 0 Å². The van der Waals surface area contributed by atoms with Crippen molar-refractivity contribution < 1.29 is 4.74 Å². The molecule has 0 fully saturated rings. The molecule has 0 amide bonds. The summed E-state index contributed by atoms with van der Waals surface area (Å²) >= 11 is 0. The van der Waals surface area contributed by atoms with Gasteiger partial charge in [-0.3, -0.25) is 0 Å². The molecule has 0 atom stereocenters. The average molecular weight is 286 g/mol. The number of hydrogen-bond acceptors (Lipinski definition) is 2. The Hall–Kier alpha value is -1.77. The van der Waals surface area contributed by atoms with Gasteiger partial charge in [-0.1, -0.05) is 53.7 Å². The van der Waals surface area contributed by atoms with Crippen molar-refractivity contribution in [3.63, 3.8) is 0 Å². The number of methoxy groups -OCH3 is 1. The normalized spacial score (nSPS) is 12.5. The quantitative estimate of drug-likeness (QED) is 0.814. The standard InChI is InChI=1S/C18H26N2O/c1-17(2,3)15-12-16(18(4,5)6)20(19-15)13-10-8-9-11-14(13)21-7/h8-12H,1-7H3. The van der Waals surface area contributed by atoms with Crippen molar-refractivity contribution in [2.45, 2.75) is 52.4 Å². The smallest absolute Gasteiger partial charge is 0.144 e. The van der Waals surface area contributed by atoms with Crippen LogP contribution in [-0.4, -0.2) is 16.9 Å². The first-order chi connectivity index (χ1) is 9.64. The fourth-order valence-corrected chi connectivity index (χ4v) is 2.27. The summed E-state index contributed by atoms with van der Waals surface area (Å²) in [6.45, 7) is 13.2. The lowest BCUT2D eigenvalue weighted by atomic mass is 9.88. The fourth-order valence-electron chi connectivity index (χ4n) is 2.27. The molecule has 0 N–H and O–H groups in total. The predicted molar refractivity (Wildman–Crippen MR) is 87.5 cm³/mol. The van der Waals surface area contributed by atoms with Crippen molar-refractivity contribution in [1.82, 2.24) is 9.78 Å². The average Bonchev–Trinajstić information content (AvgIpc) is 2.83. The van der Waals surface area contributed by atoms with Crippen molar-refractivity contribution in [2.75, 3.05) is 7.11 Å². The van der Waals surface area contributed by atoms with E-state index in [9.17, 15) is 0 Å². The van der Waals surface area contributed by atoms with Gasteiger partial charge in [0.15, 0.2) is 0 Å². The number of aromatic nitrogens is 2. The molecule has 2 rings (SSSR count). The summed E-state index contributed by atoms with van der Waals surface area (Å²) in [5.74, 6) is 0.839. The molecular formula is C18H26N2O. The minimum Gasteiger partial charge on any atom is -0.494 e. The Bertz CT molecular complexity index is 627. The Morgan fingerprint density at radius 2 is 1.57 bits per heavy atom. The van der Waals surface area contributed by atoms with Gasteiger partial charge in [0, 0.05) is 10.8 Å². The van der Waals surface area contributed by atoms with Crippen LogP contribution in [0.4, 0.5) is 0 Å². The van der Waals surface area contributed by atoms with Crippen LogP contribution in [0.15, 0.2) is 30.3 Å². The van der Waals surface area contributed by atoms with Gasteiger partial charge in [-0.05, 0) is 18.2 Å². The molecule has 1 aromatic heterocycles. The van der Waals surface area contributed by atoms with Crippen LogP contribution in [-0.2, 0) is 10.8 Å². The van der Waals surface area contributed by atoms with Crippen LogP contribution in [0.2, 0.25) is 0 Å². The Labute approximate surface area is 127 Å². The van der Waals surface area contributed by atoms with E-state index in [1.54, 1.807) is 7.11 Å². The molecule has 0 aliphatic rings. The first-order valence-corrected chi connectivity index (χ1v) is 7.39. The molecule has 0 aliphatic carbocycles. The maximum absolute atomic E-state index is 5.50. The number of para-hydroxylation sites is 2. The molecule has 0 saturated heterocycles. The van der Waals surface area contributed by atoms with E-state index in [4.69, 9.17) is 9.84 Å². The predicted octanol–water partition coefficient (Wildman–Crippen LogP) is 4.48. The van der Waals surface area contributed by atoms with E-state index in [1.807, 2.05) is 28.9 Å². The van der Waals surface area contributed by atoms with Crippen molar-refractivity contribution in [3.05, 3.63) is 41.7 Å². The third-order valence-electron chi connectivity index (χ3n) is 3.56. The molecule has 0 aliphatic heterocycles. The monoisotopic (exact) mass is 286 g/mol. The SMILES string of the molecule is COc1ccccc1-n1nc(C(C)(C)C)cc1C(C)(C)C. The summed E-state index contributed by atoms with van der Waals surface area (Å²) in [5, 5.41) is 4.86. The van der Waals surface area contributed by atoms with Gasteiger partial charge in [-0.15, -0.1) is 0 Å². The van der Waals surface area contributed by atoms with E-state index >= 15 is 0 Å². The lowest BCUT2D eigenvalue weighted by Crippen LogP contribution is -2.17. The van der Waals surface area contributed by atoms with E-state index in [0.29, 0.717) is 0 Å². The lowest BCUT2D eigenvalue weighted by molar-refractivity contribution is 0.409. The Kier molecular flexibility index (Phi) is 3.87. The third kappa shape index (κ3) is 3.12. The third-order valence-corrected chi connectivity index (χ3v) is 3.56. The van der Waals surface area contributed by atoms with Crippen LogP contribution in [0, 0.1) is 0 Å². The van der Waals surface area contributed by atoms with Crippen LogP contribution in [0.5, 0.6) is 5.75 Å².